The number of halogens is 4. The van der Waals surface area contributed by atoms with Crippen LogP contribution in [0, 0.1) is 11.7 Å². The highest BCUT2D eigenvalue weighted by atomic mass is 32.2. The summed E-state index contributed by atoms with van der Waals surface area (Å²) in [5, 5.41) is 10.2. The lowest BCUT2D eigenvalue weighted by atomic mass is 9.99. The number of piperazine rings is 1. The molecule has 33 heavy (non-hydrogen) atoms. The predicted molar refractivity (Wildman–Crippen MR) is 114 cm³/mol. The van der Waals surface area contributed by atoms with E-state index in [1.165, 1.54) is 26.0 Å². The maximum absolute atomic E-state index is 14.0. The molecule has 1 fully saturated rings. The van der Waals surface area contributed by atoms with Crippen LogP contribution in [0.25, 0.3) is 0 Å². The molecule has 1 aliphatic rings. The minimum atomic E-state index is -4.80. The van der Waals surface area contributed by atoms with E-state index in [0.29, 0.717) is 18.8 Å². The van der Waals surface area contributed by atoms with E-state index in [2.05, 4.69) is 4.98 Å². The number of benzene rings is 1. The highest BCUT2D eigenvalue weighted by Crippen LogP contribution is 2.40. The average molecular weight is 494 g/mol. The zero-order valence-corrected chi connectivity index (χ0v) is 19.8. The van der Waals surface area contributed by atoms with Gasteiger partial charge in [-0.3, -0.25) is 0 Å². The van der Waals surface area contributed by atoms with Crippen molar-refractivity contribution in [2.75, 3.05) is 35.7 Å². The molecule has 1 aromatic carbocycles. The molecule has 0 spiro atoms. The zero-order valence-electron chi connectivity index (χ0n) is 18.9. The first-order chi connectivity index (χ1) is 15.0. The van der Waals surface area contributed by atoms with Gasteiger partial charge in [0.1, 0.15) is 16.3 Å². The summed E-state index contributed by atoms with van der Waals surface area (Å²) in [4.78, 5) is 6.74. The van der Waals surface area contributed by atoms with Gasteiger partial charge >= 0.3 is 6.18 Å². The average Bonchev–Trinajstić information content (AvgIpc) is 3.13. The van der Waals surface area contributed by atoms with Gasteiger partial charge in [-0.15, -0.1) is 0 Å². The maximum Gasteiger partial charge on any atom is 0.437 e. The van der Waals surface area contributed by atoms with Gasteiger partial charge < -0.3 is 19.3 Å². The van der Waals surface area contributed by atoms with Crippen molar-refractivity contribution in [2.24, 2.45) is 5.92 Å². The van der Waals surface area contributed by atoms with Crippen LogP contribution in [0.3, 0.4) is 0 Å². The molecule has 0 unspecified atom stereocenters. The van der Waals surface area contributed by atoms with Crippen LogP contribution in [-0.4, -0.2) is 50.4 Å². The molecule has 0 bridgehead atoms. The molecule has 12 heteroatoms. The highest BCUT2D eigenvalue weighted by Gasteiger charge is 2.45. The molecule has 1 aliphatic heterocycles. The number of nitrogens with zero attached hydrogens (tertiary/aromatic N) is 3. The van der Waals surface area contributed by atoms with E-state index in [-0.39, 0.29) is 24.5 Å². The number of sulfone groups is 1. The van der Waals surface area contributed by atoms with Crippen LogP contribution in [0.4, 0.5) is 29.3 Å². The van der Waals surface area contributed by atoms with Crippen LogP contribution in [0.5, 0.6) is 0 Å². The van der Waals surface area contributed by atoms with E-state index in [9.17, 15) is 31.1 Å². The normalized spacial score (nSPS) is 18.3. The molecular weight excluding hydrogens is 466 g/mol. The second kappa shape index (κ2) is 8.46. The number of hydrogen-bond donors (Lipinski definition) is 1. The third-order valence-corrected chi connectivity index (χ3v) is 6.67. The minimum absolute atomic E-state index is 0.0468. The van der Waals surface area contributed by atoms with Crippen LogP contribution in [-0.2, 0) is 21.6 Å². The molecule has 0 amide bonds. The first-order valence-corrected chi connectivity index (χ1v) is 12.2. The number of aromatic nitrogens is 1. The lowest BCUT2D eigenvalue weighted by Gasteiger charge is -2.43. The molecule has 7 nitrogen and oxygen atoms in total. The second-order valence-corrected chi connectivity index (χ2v) is 11.1. The number of oxazole rings is 1. The summed E-state index contributed by atoms with van der Waals surface area (Å²) >= 11 is 0. The molecule has 1 aromatic heterocycles. The van der Waals surface area contributed by atoms with E-state index in [4.69, 9.17) is 4.42 Å². The topological polar surface area (TPSA) is 86.9 Å². The lowest BCUT2D eigenvalue weighted by molar-refractivity contribution is -0.144. The molecule has 2 heterocycles. The van der Waals surface area contributed by atoms with Gasteiger partial charge in [-0.2, -0.15) is 18.2 Å². The van der Waals surface area contributed by atoms with Crippen molar-refractivity contribution >= 4 is 21.5 Å². The first kappa shape index (κ1) is 25.3. The van der Waals surface area contributed by atoms with Crippen LogP contribution >= 0.6 is 0 Å². The van der Waals surface area contributed by atoms with Crippen molar-refractivity contribution in [3.8, 4) is 0 Å². The SMILES string of the molecule is CC(C)[C@@H]1CN(c2ccc(F)c(S(C)(=O)=O)c2)CCN1c1nc(C(F)(F)F)c(C(C)(C)O)o1. The van der Waals surface area contributed by atoms with E-state index >= 15 is 0 Å². The molecule has 184 valence electrons. The summed E-state index contributed by atoms with van der Waals surface area (Å²) in [6, 6.07) is 3.23. The van der Waals surface area contributed by atoms with Gasteiger partial charge in [-0.05, 0) is 38.0 Å². The van der Waals surface area contributed by atoms with Gasteiger partial charge in [0.05, 0.1) is 6.04 Å². The van der Waals surface area contributed by atoms with Crippen LogP contribution in [0.15, 0.2) is 27.5 Å². The third-order valence-electron chi connectivity index (χ3n) is 5.55. The number of rotatable bonds is 5. The minimum Gasteiger partial charge on any atom is -0.425 e. The number of alkyl halides is 3. The monoisotopic (exact) mass is 493 g/mol. The Morgan fingerprint density at radius 2 is 1.85 bits per heavy atom. The Balaban J connectivity index is 1.96. The highest BCUT2D eigenvalue weighted by molar-refractivity contribution is 7.90. The molecule has 1 saturated heterocycles. The summed E-state index contributed by atoms with van der Waals surface area (Å²) in [5.74, 6) is -1.56. The van der Waals surface area contributed by atoms with Gasteiger partial charge in [0.15, 0.2) is 21.3 Å². The summed E-state index contributed by atoms with van der Waals surface area (Å²) in [5.41, 5.74) is -2.67. The number of aliphatic hydroxyl groups is 1. The van der Waals surface area contributed by atoms with E-state index < -0.39 is 43.8 Å². The predicted octanol–water partition coefficient (Wildman–Crippen LogP) is 3.81. The maximum atomic E-state index is 14.0. The Bertz CT molecular complexity index is 1090. The quantitative estimate of drug-likeness (QED) is 0.634. The smallest absolute Gasteiger partial charge is 0.425 e. The van der Waals surface area contributed by atoms with Crippen molar-refractivity contribution in [3.63, 3.8) is 0 Å². The summed E-state index contributed by atoms with van der Waals surface area (Å²) < 4.78 is 83.8. The molecule has 0 saturated carbocycles. The molecular formula is C21H27F4N3O4S. The standard InChI is InChI=1S/C21H27F4N3O4S/c1-12(2)15-11-27(13-6-7-14(22)16(10-13)33(5,30)31)8-9-28(15)19-26-17(21(23,24)25)18(32-19)20(3,4)29/h6-7,10,12,15,29H,8-9,11H2,1-5H3/t15-/m0/s1. The number of anilines is 2. The Morgan fingerprint density at radius 3 is 2.33 bits per heavy atom. The van der Waals surface area contributed by atoms with E-state index in [0.717, 1.165) is 12.3 Å². The zero-order chi connectivity index (χ0) is 24.9. The van der Waals surface area contributed by atoms with E-state index in [1.807, 2.05) is 18.7 Å². The Labute approximate surface area is 189 Å². The van der Waals surface area contributed by atoms with Crippen LogP contribution in [0.2, 0.25) is 0 Å². The van der Waals surface area contributed by atoms with Crippen molar-refractivity contribution in [1.82, 2.24) is 4.98 Å². The third kappa shape index (κ3) is 5.26. The van der Waals surface area contributed by atoms with E-state index in [1.54, 1.807) is 4.90 Å². The van der Waals surface area contributed by atoms with Gasteiger partial charge in [0.2, 0.25) is 0 Å². The van der Waals surface area contributed by atoms with Gasteiger partial charge in [0.25, 0.3) is 6.01 Å². The summed E-state index contributed by atoms with van der Waals surface area (Å²) in [6.45, 7) is 7.00. The summed E-state index contributed by atoms with van der Waals surface area (Å²) in [7, 11) is -3.78. The van der Waals surface area contributed by atoms with Crippen LogP contribution in [0.1, 0.15) is 39.1 Å². The fourth-order valence-corrected chi connectivity index (χ4v) is 4.62. The largest absolute Gasteiger partial charge is 0.437 e. The Kier molecular flexibility index (Phi) is 6.48. The van der Waals surface area contributed by atoms with Gasteiger partial charge in [0, 0.05) is 31.6 Å². The van der Waals surface area contributed by atoms with Crippen molar-refractivity contribution in [2.45, 2.75) is 50.4 Å². The second-order valence-electron chi connectivity index (χ2n) is 9.07. The number of hydrogen-bond acceptors (Lipinski definition) is 7. The molecule has 0 radical (unpaired) electrons. The molecule has 1 N–H and O–H groups in total. The fourth-order valence-electron chi connectivity index (χ4n) is 3.86. The fraction of sp³-hybridized carbons (Fsp3) is 0.571. The van der Waals surface area contributed by atoms with Gasteiger partial charge in [-0.25, -0.2) is 12.8 Å². The van der Waals surface area contributed by atoms with Crippen LogP contribution < -0.4 is 9.80 Å². The summed E-state index contributed by atoms with van der Waals surface area (Å²) in [6.07, 6.45) is -3.88. The van der Waals surface area contributed by atoms with Crippen molar-refractivity contribution in [3.05, 3.63) is 35.5 Å². The Hall–Kier alpha value is -2.34. The van der Waals surface area contributed by atoms with Gasteiger partial charge in [-0.1, -0.05) is 13.8 Å². The van der Waals surface area contributed by atoms with Crippen molar-refractivity contribution < 1.29 is 35.5 Å². The molecule has 0 aliphatic carbocycles. The molecule has 2 aromatic rings. The first-order valence-electron chi connectivity index (χ1n) is 10.3. The molecule has 1 atom stereocenters. The van der Waals surface area contributed by atoms with Crippen molar-refractivity contribution in [1.29, 1.82) is 0 Å². The molecule has 3 rings (SSSR count). The Morgan fingerprint density at radius 1 is 1.21 bits per heavy atom. The lowest BCUT2D eigenvalue weighted by Crippen LogP contribution is -2.55.